The Bertz CT molecular complexity index is 3780. The maximum Gasteiger partial charge on any atom is 0.259 e. The molecule has 0 atom stereocenters. The fourth-order valence-corrected chi connectivity index (χ4v) is 8.96. The number of phenols is 1. The standard InChI is InChI=1S/C25H20BrNO3.C21H18BrNO3.C18H15NO3/c1-29-23-10-6-5-9-22(23)27-25(28)21-14-19-13-20(26)12-11-18(19)15-24(21)30-16-17-7-3-2-4-8-17;1-3-10-26-20-13-14-8-9-16(22)11-15(14)12-17(20)21(24)23-18-6-4-5-7-19(18)25-2;1-22-17-9-5-4-8-14(17)18(21)19-15-10-12-6-2-3-7-13(12)11-16(15)20/h2-15H,16H2,1H3,(H,27,28);3-9,11-13H,1,10H2,2H3,(H,23,24);2-11,20H,1H3,(H,19,21). The van der Waals surface area contributed by atoms with E-state index >= 15 is 0 Å². The van der Waals surface area contributed by atoms with Crippen LogP contribution in [0.25, 0.3) is 32.3 Å². The zero-order valence-electron chi connectivity index (χ0n) is 42.7. The zero-order valence-corrected chi connectivity index (χ0v) is 45.9. The van der Waals surface area contributed by atoms with Crippen molar-refractivity contribution in [2.75, 3.05) is 43.9 Å². The average Bonchev–Trinajstić information content (AvgIpc) is 3.51. The Balaban J connectivity index is 0.000000156. The lowest BCUT2D eigenvalue weighted by atomic mass is 10.0. The number of aromatic hydroxyl groups is 1. The van der Waals surface area contributed by atoms with E-state index in [1.54, 1.807) is 81.0 Å². The van der Waals surface area contributed by atoms with E-state index in [-0.39, 0.29) is 23.5 Å². The summed E-state index contributed by atoms with van der Waals surface area (Å²) in [6.45, 7) is 4.36. The molecule has 0 saturated heterocycles. The molecular weight excluding hydrogens is 1110 g/mol. The number of halogens is 2. The van der Waals surface area contributed by atoms with Gasteiger partial charge >= 0.3 is 0 Å². The minimum Gasteiger partial charge on any atom is -0.506 e. The van der Waals surface area contributed by atoms with Gasteiger partial charge in [0, 0.05) is 8.95 Å². The molecule has 10 aromatic rings. The number of hydrogen-bond acceptors (Lipinski definition) is 9. The number of carbonyl (C=O) groups excluding carboxylic acids is 3. The summed E-state index contributed by atoms with van der Waals surface area (Å²) in [6, 6.07) is 61.7. The summed E-state index contributed by atoms with van der Waals surface area (Å²) in [7, 11) is 4.66. The van der Waals surface area contributed by atoms with Gasteiger partial charge in [0.2, 0.25) is 0 Å². The van der Waals surface area contributed by atoms with E-state index in [1.807, 2.05) is 140 Å². The fourth-order valence-electron chi connectivity index (χ4n) is 8.20. The van der Waals surface area contributed by atoms with Gasteiger partial charge < -0.3 is 44.7 Å². The zero-order chi connectivity index (χ0) is 55.0. The van der Waals surface area contributed by atoms with Gasteiger partial charge in [-0.15, -0.1) is 0 Å². The number of nitrogens with one attached hydrogen (secondary N) is 3. The monoisotopic (exact) mass is 1170 g/mol. The second-order valence-electron chi connectivity index (χ2n) is 17.2. The van der Waals surface area contributed by atoms with Crippen molar-refractivity contribution in [1.82, 2.24) is 0 Å². The van der Waals surface area contributed by atoms with Crippen LogP contribution >= 0.6 is 31.9 Å². The minimum absolute atomic E-state index is 0.0296. The van der Waals surface area contributed by atoms with Crippen molar-refractivity contribution in [3.8, 4) is 34.5 Å². The van der Waals surface area contributed by atoms with Gasteiger partial charge in [0.15, 0.2) is 0 Å². The Morgan fingerprint density at radius 2 is 0.872 bits per heavy atom. The maximum atomic E-state index is 13.2. The minimum atomic E-state index is -0.331. The lowest BCUT2D eigenvalue weighted by Gasteiger charge is -2.15. The Morgan fingerprint density at radius 1 is 0.436 bits per heavy atom. The van der Waals surface area contributed by atoms with Crippen molar-refractivity contribution in [2.45, 2.75) is 6.61 Å². The molecule has 0 aliphatic rings. The lowest BCUT2D eigenvalue weighted by Crippen LogP contribution is -2.14. The molecule has 4 N–H and O–H groups in total. The number of para-hydroxylation sites is 5. The highest BCUT2D eigenvalue weighted by Crippen LogP contribution is 2.34. The highest BCUT2D eigenvalue weighted by molar-refractivity contribution is 9.10. The van der Waals surface area contributed by atoms with Crippen LogP contribution in [0.4, 0.5) is 17.1 Å². The van der Waals surface area contributed by atoms with Gasteiger partial charge in [-0.3, -0.25) is 14.4 Å². The van der Waals surface area contributed by atoms with Crippen molar-refractivity contribution in [3.05, 3.63) is 244 Å². The van der Waals surface area contributed by atoms with E-state index in [1.165, 1.54) is 7.11 Å². The first kappa shape index (κ1) is 55.1. The molecule has 0 aromatic heterocycles. The second kappa shape index (κ2) is 26.6. The van der Waals surface area contributed by atoms with Crippen LogP contribution in [0.15, 0.2) is 222 Å². The van der Waals surface area contributed by atoms with Gasteiger partial charge in [-0.25, -0.2) is 0 Å². The molecular formula is C64H53Br2N3O9. The summed E-state index contributed by atoms with van der Waals surface area (Å²) in [6.07, 6.45) is 1.65. The number of ether oxygens (including phenoxy) is 5. The van der Waals surface area contributed by atoms with Crippen LogP contribution in [0.1, 0.15) is 36.6 Å². The molecule has 0 aliphatic carbocycles. The Morgan fingerprint density at radius 3 is 1.41 bits per heavy atom. The van der Waals surface area contributed by atoms with E-state index in [9.17, 15) is 19.5 Å². The summed E-state index contributed by atoms with van der Waals surface area (Å²) in [5, 5.41) is 24.4. The predicted molar refractivity (Wildman–Crippen MR) is 318 cm³/mol. The molecule has 10 rings (SSSR count). The van der Waals surface area contributed by atoms with Crippen LogP contribution in [0.2, 0.25) is 0 Å². The van der Waals surface area contributed by atoms with Crippen molar-refractivity contribution in [1.29, 1.82) is 0 Å². The third-order valence-corrected chi connectivity index (χ3v) is 13.0. The Hall–Kier alpha value is -9.11. The number of methoxy groups -OCH3 is 3. The lowest BCUT2D eigenvalue weighted by molar-refractivity contribution is 0.101. The van der Waals surface area contributed by atoms with E-state index in [4.69, 9.17) is 23.7 Å². The molecule has 0 fully saturated rings. The fraction of sp³-hybridized carbons (Fsp3) is 0.0781. The molecule has 14 heteroatoms. The van der Waals surface area contributed by atoms with E-state index in [2.05, 4.69) is 54.4 Å². The third-order valence-electron chi connectivity index (χ3n) is 12.1. The molecule has 0 aliphatic heterocycles. The number of anilines is 3. The predicted octanol–water partition coefficient (Wildman–Crippen LogP) is 15.7. The van der Waals surface area contributed by atoms with Crippen LogP contribution in [-0.2, 0) is 6.61 Å². The average molecular weight is 1170 g/mol. The maximum absolute atomic E-state index is 13.2. The third kappa shape index (κ3) is 14.0. The summed E-state index contributed by atoms with van der Waals surface area (Å²) < 4.78 is 29.5. The first-order valence-electron chi connectivity index (χ1n) is 24.4. The van der Waals surface area contributed by atoms with Crippen molar-refractivity contribution in [2.24, 2.45) is 0 Å². The topological polar surface area (TPSA) is 154 Å². The second-order valence-corrected chi connectivity index (χ2v) is 19.1. The van der Waals surface area contributed by atoms with Crippen LogP contribution in [0.3, 0.4) is 0 Å². The summed E-state index contributed by atoms with van der Waals surface area (Å²) in [4.78, 5) is 38.5. The summed E-state index contributed by atoms with van der Waals surface area (Å²) in [5.41, 5.74) is 3.93. The van der Waals surface area contributed by atoms with Crippen molar-refractivity contribution < 1.29 is 43.2 Å². The summed E-state index contributed by atoms with van der Waals surface area (Å²) in [5.74, 6) is 1.89. The van der Waals surface area contributed by atoms with Crippen LogP contribution in [0, 0.1) is 0 Å². The quantitative estimate of drug-likeness (QED) is 0.0580. The number of amides is 3. The van der Waals surface area contributed by atoms with Gasteiger partial charge in [0.25, 0.3) is 17.7 Å². The molecule has 0 saturated carbocycles. The number of hydrogen-bond donors (Lipinski definition) is 4. The van der Waals surface area contributed by atoms with E-state index < -0.39 is 0 Å². The number of carbonyl (C=O) groups is 3. The normalized spacial score (nSPS) is 10.5. The smallest absolute Gasteiger partial charge is 0.259 e. The van der Waals surface area contributed by atoms with Gasteiger partial charge in [0.05, 0.1) is 55.1 Å². The van der Waals surface area contributed by atoms with Gasteiger partial charge in [0.1, 0.15) is 47.7 Å². The molecule has 0 bridgehead atoms. The highest BCUT2D eigenvalue weighted by atomic mass is 79.9. The first-order chi connectivity index (χ1) is 37.9. The van der Waals surface area contributed by atoms with Gasteiger partial charge in [-0.05, 0) is 135 Å². The molecule has 3 amide bonds. The van der Waals surface area contributed by atoms with Gasteiger partial charge in [-0.1, -0.05) is 148 Å². The number of rotatable bonds is 15. The Labute approximate surface area is 468 Å². The van der Waals surface area contributed by atoms with E-state index in [0.717, 1.165) is 46.8 Å². The first-order valence-corrected chi connectivity index (χ1v) is 26.0. The molecule has 0 radical (unpaired) electrons. The number of benzene rings is 10. The van der Waals surface area contributed by atoms with Crippen LogP contribution < -0.4 is 39.6 Å². The number of fused-ring (bicyclic) bond motifs is 3. The largest absolute Gasteiger partial charge is 0.506 e. The Kier molecular flexibility index (Phi) is 18.8. The van der Waals surface area contributed by atoms with Gasteiger partial charge in [-0.2, -0.15) is 0 Å². The van der Waals surface area contributed by atoms with E-state index in [0.29, 0.717) is 75.7 Å². The van der Waals surface area contributed by atoms with Crippen LogP contribution in [-0.4, -0.2) is 50.8 Å². The van der Waals surface area contributed by atoms with Crippen molar-refractivity contribution in [3.63, 3.8) is 0 Å². The molecule has 78 heavy (non-hydrogen) atoms. The molecule has 392 valence electrons. The molecule has 0 spiro atoms. The summed E-state index contributed by atoms with van der Waals surface area (Å²) >= 11 is 6.96. The molecule has 0 unspecified atom stereocenters. The molecule has 12 nitrogen and oxygen atoms in total. The van der Waals surface area contributed by atoms with Crippen LogP contribution in [0.5, 0.6) is 34.5 Å². The molecule has 0 heterocycles. The molecule has 10 aromatic carbocycles. The highest BCUT2D eigenvalue weighted by Gasteiger charge is 2.19. The van der Waals surface area contributed by atoms with Crippen molar-refractivity contribution >= 4 is 99.0 Å². The number of phenolic OH excluding ortho intramolecular Hbond substituents is 1. The SMILES string of the molecule is C=CCOc1cc2ccc(Br)cc2cc1C(=O)Nc1ccccc1OC.COc1ccccc1C(=O)Nc1cc2ccccc2cc1O.COc1ccccc1NC(=O)c1cc2cc(Br)ccc2cc1OCc1ccccc1.